The van der Waals surface area contributed by atoms with Gasteiger partial charge in [-0.25, -0.2) is 9.59 Å². The van der Waals surface area contributed by atoms with Gasteiger partial charge in [0.05, 0.1) is 5.39 Å². The average molecular weight is 340 g/mol. The average Bonchev–Trinajstić information content (AvgIpc) is 2.77. The van der Waals surface area contributed by atoms with Crippen LogP contribution in [0.15, 0.2) is 39.7 Å². The number of hydrogen-bond donors (Lipinski definition) is 2. The fourth-order valence-electron chi connectivity index (χ4n) is 1.65. The summed E-state index contributed by atoms with van der Waals surface area (Å²) in [6, 6.07) is 5.01. The van der Waals surface area contributed by atoms with Crippen LogP contribution in [-0.4, -0.2) is 23.8 Å². The lowest BCUT2D eigenvalue weighted by atomic mass is 10.2. The van der Waals surface area contributed by atoms with E-state index < -0.39 is 12.1 Å². The van der Waals surface area contributed by atoms with E-state index in [4.69, 9.17) is 14.3 Å². The van der Waals surface area contributed by atoms with Crippen LogP contribution in [0.3, 0.4) is 0 Å². The maximum Gasteiger partial charge on any atom is 0.412 e. The molecule has 104 valence electrons. The molecule has 0 saturated carbocycles. The smallest absolute Gasteiger partial charge is 0.412 e. The third-order valence-corrected chi connectivity index (χ3v) is 3.08. The molecule has 0 saturated heterocycles. The molecule has 2 aromatic rings. The van der Waals surface area contributed by atoms with Gasteiger partial charge in [0.15, 0.2) is 0 Å². The molecular weight excluding hydrogens is 330 g/mol. The zero-order valence-electron chi connectivity index (χ0n) is 10.2. The zero-order valence-corrected chi connectivity index (χ0v) is 11.8. The van der Waals surface area contributed by atoms with Gasteiger partial charge in [-0.3, -0.25) is 5.32 Å². The van der Waals surface area contributed by atoms with Gasteiger partial charge >= 0.3 is 12.1 Å². The number of ether oxygens (including phenoxy) is 1. The highest BCUT2D eigenvalue weighted by atomic mass is 79.9. The molecule has 0 atom stereocenters. The molecule has 6 nitrogen and oxygen atoms in total. The molecule has 1 aromatic carbocycles. The maximum absolute atomic E-state index is 11.6. The molecule has 1 aromatic heterocycles. The van der Waals surface area contributed by atoms with Gasteiger partial charge in [-0.05, 0) is 28.1 Å². The third kappa shape index (κ3) is 2.67. The lowest BCUT2D eigenvalue weighted by molar-refractivity contribution is 0.0666. The summed E-state index contributed by atoms with van der Waals surface area (Å²) in [6.07, 6.45) is 0.618. The lowest BCUT2D eigenvalue weighted by Gasteiger charge is -2.05. The van der Waals surface area contributed by atoms with Crippen molar-refractivity contribution in [1.29, 1.82) is 0 Å². The number of anilines is 1. The monoisotopic (exact) mass is 339 g/mol. The molecule has 0 unspecified atom stereocenters. The highest BCUT2D eigenvalue weighted by molar-refractivity contribution is 9.10. The van der Waals surface area contributed by atoms with Crippen LogP contribution in [0, 0.1) is 0 Å². The largest absolute Gasteiger partial charge is 0.475 e. The molecular formula is C13H10BrNO5. The van der Waals surface area contributed by atoms with Crippen molar-refractivity contribution in [3.8, 4) is 0 Å². The van der Waals surface area contributed by atoms with Crippen LogP contribution in [-0.2, 0) is 4.74 Å². The number of benzene rings is 1. The molecule has 7 heteroatoms. The zero-order chi connectivity index (χ0) is 14.7. The van der Waals surface area contributed by atoms with E-state index in [9.17, 15) is 9.59 Å². The van der Waals surface area contributed by atoms with Crippen LogP contribution >= 0.6 is 15.9 Å². The highest BCUT2D eigenvalue weighted by Gasteiger charge is 2.23. The number of rotatable bonds is 4. The van der Waals surface area contributed by atoms with E-state index in [0.29, 0.717) is 15.4 Å². The molecule has 0 aliphatic rings. The van der Waals surface area contributed by atoms with E-state index >= 15 is 0 Å². The minimum atomic E-state index is -1.29. The predicted octanol–water partition coefficient (Wildman–Crippen LogP) is 3.63. The van der Waals surface area contributed by atoms with Gasteiger partial charge in [0.25, 0.3) is 0 Å². The topological polar surface area (TPSA) is 88.8 Å². The van der Waals surface area contributed by atoms with Gasteiger partial charge < -0.3 is 14.3 Å². The lowest BCUT2D eigenvalue weighted by Crippen LogP contribution is -2.15. The number of halogens is 1. The summed E-state index contributed by atoms with van der Waals surface area (Å²) in [7, 11) is 0. The number of fused-ring (bicyclic) bond motifs is 1. The first-order valence-electron chi connectivity index (χ1n) is 5.53. The molecule has 20 heavy (non-hydrogen) atoms. The molecule has 0 spiro atoms. The van der Waals surface area contributed by atoms with E-state index in [2.05, 4.69) is 27.8 Å². The number of carboxylic acid groups (broad SMARTS) is 1. The quantitative estimate of drug-likeness (QED) is 0.830. The first-order valence-corrected chi connectivity index (χ1v) is 6.33. The fraction of sp³-hybridized carbons (Fsp3) is 0.0769. The summed E-state index contributed by atoms with van der Waals surface area (Å²) in [6.45, 7) is 3.43. The molecule has 0 radical (unpaired) electrons. The standard InChI is InChI=1S/C13H10BrNO5/c1-2-6-19-13(18)15-10-9-7(14)4-3-5-8(9)20-11(10)12(16)17/h2-5H,1,6H2,(H,15,18)(H,16,17). The number of amides is 1. The Hall–Kier alpha value is -2.28. The SMILES string of the molecule is C=CCOC(=O)Nc1c(C(=O)O)oc2cccc(Br)c12. The molecule has 0 fully saturated rings. The Balaban J connectivity index is 2.48. The Morgan fingerprint density at radius 2 is 2.25 bits per heavy atom. The van der Waals surface area contributed by atoms with Crippen LogP contribution in [0.5, 0.6) is 0 Å². The normalized spacial score (nSPS) is 10.2. The van der Waals surface area contributed by atoms with Crippen LogP contribution < -0.4 is 5.32 Å². The van der Waals surface area contributed by atoms with Crippen molar-refractivity contribution in [2.45, 2.75) is 0 Å². The van der Waals surface area contributed by atoms with E-state index in [1.165, 1.54) is 6.08 Å². The summed E-state index contributed by atoms with van der Waals surface area (Å²) >= 11 is 3.29. The molecule has 1 amide bonds. The minimum Gasteiger partial charge on any atom is -0.475 e. The second-order valence-corrected chi connectivity index (χ2v) is 4.59. The molecule has 0 aliphatic heterocycles. The number of hydrogen-bond acceptors (Lipinski definition) is 4. The number of aromatic carboxylic acids is 1. The highest BCUT2D eigenvalue weighted by Crippen LogP contribution is 2.36. The van der Waals surface area contributed by atoms with Crippen molar-refractivity contribution >= 4 is 44.6 Å². The van der Waals surface area contributed by atoms with E-state index in [1.54, 1.807) is 18.2 Å². The molecule has 2 N–H and O–H groups in total. The van der Waals surface area contributed by atoms with Crippen molar-refractivity contribution < 1.29 is 23.8 Å². The van der Waals surface area contributed by atoms with E-state index in [1.807, 2.05) is 0 Å². The third-order valence-electron chi connectivity index (χ3n) is 2.42. The van der Waals surface area contributed by atoms with Gasteiger partial charge in [0.2, 0.25) is 5.76 Å². The summed E-state index contributed by atoms with van der Waals surface area (Å²) in [5.41, 5.74) is 0.393. The molecule has 1 heterocycles. The number of nitrogens with one attached hydrogen (secondary N) is 1. The number of carboxylic acids is 1. The Morgan fingerprint density at radius 3 is 2.90 bits per heavy atom. The summed E-state index contributed by atoms with van der Waals surface area (Å²) in [4.78, 5) is 22.7. The van der Waals surface area contributed by atoms with Crippen LogP contribution in [0.25, 0.3) is 11.0 Å². The second-order valence-electron chi connectivity index (χ2n) is 3.74. The summed E-state index contributed by atoms with van der Waals surface area (Å²) in [5.74, 6) is -1.64. The van der Waals surface area contributed by atoms with Crippen molar-refractivity contribution in [3.63, 3.8) is 0 Å². The number of carbonyl (C=O) groups is 2. The van der Waals surface area contributed by atoms with Gasteiger partial charge in [-0.15, -0.1) is 0 Å². The van der Waals surface area contributed by atoms with Crippen LogP contribution in [0.4, 0.5) is 10.5 Å². The van der Waals surface area contributed by atoms with Gasteiger partial charge in [-0.2, -0.15) is 0 Å². The summed E-state index contributed by atoms with van der Waals surface area (Å²) < 4.78 is 10.6. The Kier molecular flexibility index (Phi) is 4.09. The minimum absolute atomic E-state index is 0.0190. The van der Waals surface area contributed by atoms with Gasteiger partial charge in [0, 0.05) is 4.47 Å². The fourth-order valence-corrected chi connectivity index (χ4v) is 2.20. The molecule has 0 aliphatic carbocycles. The first kappa shape index (κ1) is 14.1. The van der Waals surface area contributed by atoms with Gasteiger partial charge in [-0.1, -0.05) is 18.7 Å². The number of furan rings is 1. The van der Waals surface area contributed by atoms with Crippen molar-refractivity contribution in [3.05, 3.63) is 41.1 Å². The van der Waals surface area contributed by atoms with Crippen LogP contribution in [0.1, 0.15) is 10.6 Å². The second kappa shape index (κ2) is 5.79. The maximum atomic E-state index is 11.6. The summed E-state index contributed by atoms with van der Waals surface area (Å²) in [5, 5.41) is 12.0. The van der Waals surface area contributed by atoms with Crippen molar-refractivity contribution in [2.75, 3.05) is 11.9 Å². The van der Waals surface area contributed by atoms with E-state index in [-0.39, 0.29) is 18.1 Å². The first-order chi connectivity index (χ1) is 9.54. The predicted molar refractivity (Wildman–Crippen MR) is 76.0 cm³/mol. The Morgan fingerprint density at radius 1 is 1.50 bits per heavy atom. The van der Waals surface area contributed by atoms with Crippen molar-refractivity contribution in [2.24, 2.45) is 0 Å². The molecule has 2 rings (SSSR count). The van der Waals surface area contributed by atoms with Crippen LogP contribution in [0.2, 0.25) is 0 Å². The van der Waals surface area contributed by atoms with Gasteiger partial charge in [0.1, 0.15) is 17.9 Å². The van der Waals surface area contributed by atoms with Crippen molar-refractivity contribution in [1.82, 2.24) is 0 Å². The Labute approximate surface area is 122 Å². The van der Waals surface area contributed by atoms with E-state index in [0.717, 1.165) is 0 Å². The molecule has 0 bridgehead atoms. The Bertz CT molecular complexity index is 691. The number of carbonyl (C=O) groups excluding carboxylic acids is 1.